The number of hydrogen-bond acceptors (Lipinski definition) is 4. The highest BCUT2D eigenvalue weighted by Gasteiger charge is 2.09. The van der Waals surface area contributed by atoms with Crippen molar-refractivity contribution in [2.24, 2.45) is 0 Å². The van der Waals surface area contributed by atoms with Crippen molar-refractivity contribution < 1.29 is 0 Å². The van der Waals surface area contributed by atoms with Gasteiger partial charge in [0, 0.05) is 18.0 Å². The van der Waals surface area contributed by atoms with E-state index in [1.165, 1.54) is 0 Å². The largest absolute Gasteiger partial charge is 0.369 e. The molecule has 0 aromatic carbocycles. The van der Waals surface area contributed by atoms with Gasteiger partial charge in [0.05, 0.1) is 5.69 Å². The zero-order chi connectivity index (χ0) is 10.8. The maximum absolute atomic E-state index is 11.4. The number of nitrogens with one attached hydrogen (secondary N) is 1. The molecule has 0 saturated heterocycles. The molecule has 0 aliphatic carbocycles. The molecular weight excluding hydrogens is 260 g/mol. The number of nitrogen functional groups attached to an aromatic ring is 1. The summed E-state index contributed by atoms with van der Waals surface area (Å²) in [5.41, 5.74) is 6.38. The standard InChI is InChI=1S/C9H7BrN4O/c10-6-7(5-2-1-3-12-4-5)13-9(11)14-8(6)15/h1-4H,(H3,11,13,14,15). The van der Waals surface area contributed by atoms with Crippen LogP contribution in [-0.2, 0) is 0 Å². The van der Waals surface area contributed by atoms with Crippen LogP contribution in [0.3, 0.4) is 0 Å². The molecule has 0 aliphatic rings. The lowest BCUT2D eigenvalue weighted by Gasteiger charge is -2.02. The number of H-pyrrole nitrogens is 1. The van der Waals surface area contributed by atoms with Crippen LogP contribution in [0.4, 0.5) is 5.95 Å². The van der Waals surface area contributed by atoms with E-state index in [4.69, 9.17) is 5.73 Å². The van der Waals surface area contributed by atoms with Crippen molar-refractivity contribution in [3.05, 3.63) is 39.4 Å². The molecule has 0 aliphatic heterocycles. The van der Waals surface area contributed by atoms with Gasteiger partial charge in [0.1, 0.15) is 4.47 Å². The zero-order valence-corrected chi connectivity index (χ0v) is 9.15. The molecule has 5 nitrogen and oxygen atoms in total. The first-order chi connectivity index (χ1) is 7.18. The molecule has 3 N–H and O–H groups in total. The first-order valence-corrected chi connectivity index (χ1v) is 4.93. The minimum absolute atomic E-state index is 0.0852. The van der Waals surface area contributed by atoms with E-state index in [9.17, 15) is 4.79 Å². The quantitative estimate of drug-likeness (QED) is 0.812. The molecular formula is C9H7BrN4O. The lowest BCUT2D eigenvalue weighted by Crippen LogP contribution is -2.13. The summed E-state index contributed by atoms with van der Waals surface area (Å²) in [6.07, 6.45) is 3.26. The highest BCUT2D eigenvalue weighted by molar-refractivity contribution is 9.10. The van der Waals surface area contributed by atoms with Crippen molar-refractivity contribution in [2.75, 3.05) is 5.73 Å². The fraction of sp³-hybridized carbons (Fsp3) is 0. The van der Waals surface area contributed by atoms with Crippen molar-refractivity contribution in [1.29, 1.82) is 0 Å². The second-order valence-corrected chi connectivity index (χ2v) is 3.65. The molecule has 2 rings (SSSR count). The molecule has 0 atom stereocenters. The van der Waals surface area contributed by atoms with E-state index in [0.717, 1.165) is 5.56 Å². The molecule has 2 aromatic heterocycles. The summed E-state index contributed by atoms with van der Waals surface area (Å²) in [6, 6.07) is 3.57. The number of rotatable bonds is 1. The lowest BCUT2D eigenvalue weighted by molar-refractivity contribution is 1.12. The Morgan fingerprint density at radius 2 is 2.27 bits per heavy atom. The third-order valence-electron chi connectivity index (χ3n) is 1.82. The summed E-state index contributed by atoms with van der Waals surface area (Å²) in [6.45, 7) is 0. The molecule has 0 spiro atoms. The number of anilines is 1. The SMILES string of the molecule is Nc1nc(-c2cccnc2)c(Br)c(=O)[nH]1. The average molecular weight is 267 g/mol. The Morgan fingerprint density at radius 1 is 1.47 bits per heavy atom. The van der Waals surface area contributed by atoms with Gasteiger partial charge in [-0.15, -0.1) is 0 Å². The van der Waals surface area contributed by atoms with Crippen molar-refractivity contribution in [2.45, 2.75) is 0 Å². The van der Waals surface area contributed by atoms with Crippen LogP contribution in [0.25, 0.3) is 11.3 Å². The maximum atomic E-state index is 11.4. The van der Waals surface area contributed by atoms with Crippen LogP contribution >= 0.6 is 15.9 Å². The van der Waals surface area contributed by atoms with Crippen LogP contribution in [0, 0.1) is 0 Å². The molecule has 0 amide bonds. The highest BCUT2D eigenvalue weighted by atomic mass is 79.9. The van der Waals surface area contributed by atoms with Crippen LogP contribution in [-0.4, -0.2) is 15.0 Å². The number of halogens is 1. The number of aromatic nitrogens is 3. The number of nitrogens with zero attached hydrogens (tertiary/aromatic N) is 2. The molecule has 2 aromatic rings. The Balaban J connectivity index is 2.68. The van der Waals surface area contributed by atoms with Gasteiger partial charge in [-0.3, -0.25) is 14.8 Å². The van der Waals surface area contributed by atoms with E-state index in [1.54, 1.807) is 24.5 Å². The summed E-state index contributed by atoms with van der Waals surface area (Å²) in [5, 5.41) is 0. The Bertz CT molecular complexity index is 538. The van der Waals surface area contributed by atoms with Crippen LogP contribution in [0.5, 0.6) is 0 Å². The topological polar surface area (TPSA) is 84.7 Å². The molecule has 0 unspecified atom stereocenters. The molecule has 2 heterocycles. The average Bonchev–Trinajstić information content (AvgIpc) is 2.24. The third-order valence-corrected chi connectivity index (χ3v) is 2.55. The predicted molar refractivity (Wildman–Crippen MR) is 60.2 cm³/mol. The molecule has 76 valence electrons. The predicted octanol–water partition coefficient (Wildman–Crippen LogP) is 1.18. The minimum Gasteiger partial charge on any atom is -0.369 e. The number of hydrogen-bond donors (Lipinski definition) is 2. The number of pyridine rings is 1. The molecule has 6 heteroatoms. The van der Waals surface area contributed by atoms with E-state index in [0.29, 0.717) is 10.2 Å². The van der Waals surface area contributed by atoms with Gasteiger partial charge in [0.15, 0.2) is 0 Å². The smallest absolute Gasteiger partial charge is 0.267 e. The second-order valence-electron chi connectivity index (χ2n) is 2.86. The Labute approximate surface area is 93.5 Å². The summed E-state index contributed by atoms with van der Waals surface area (Å²) >= 11 is 3.16. The Morgan fingerprint density at radius 3 is 2.93 bits per heavy atom. The number of nitrogens with two attached hydrogens (primary N) is 1. The van der Waals surface area contributed by atoms with Crippen molar-refractivity contribution >= 4 is 21.9 Å². The van der Waals surface area contributed by atoms with Crippen LogP contribution < -0.4 is 11.3 Å². The molecule has 0 fully saturated rings. The fourth-order valence-electron chi connectivity index (χ4n) is 1.17. The van der Waals surface area contributed by atoms with E-state index in [-0.39, 0.29) is 11.5 Å². The fourth-order valence-corrected chi connectivity index (χ4v) is 1.59. The summed E-state index contributed by atoms with van der Waals surface area (Å²) in [5.74, 6) is 0.0852. The van der Waals surface area contributed by atoms with E-state index < -0.39 is 0 Å². The summed E-state index contributed by atoms with van der Waals surface area (Å²) in [7, 11) is 0. The van der Waals surface area contributed by atoms with Gasteiger partial charge >= 0.3 is 0 Å². The normalized spacial score (nSPS) is 10.2. The molecule has 0 saturated carbocycles. The lowest BCUT2D eigenvalue weighted by atomic mass is 10.2. The van der Waals surface area contributed by atoms with E-state index in [1.807, 2.05) is 0 Å². The Hall–Kier alpha value is -1.69. The summed E-state index contributed by atoms with van der Waals surface area (Å²) < 4.78 is 0.352. The Kier molecular flexibility index (Phi) is 2.51. The molecule has 0 radical (unpaired) electrons. The van der Waals surface area contributed by atoms with Crippen molar-refractivity contribution in [3.63, 3.8) is 0 Å². The zero-order valence-electron chi connectivity index (χ0n) is 7.57. The third kappa shape index (κ3) is 1.89. The maximum Gasteiger partial charge on any atom is 0.267 e. The van der Waals surface area contributed by atoms with Crippen molar-refractivity contribution in [1.82, 2.24) is 15.0 Å². The first-order valence-electron chi connectivity index (χ1n) is 4.14. The second kappa shape index (κ2) is 3.82. The van der Waals surface area contributed by atoms with Gasteiger partial charge < -0.3 is 5.73 Å². The molecule has 0 bridgehead atoms. The van der Waals surface area contributed by atoms with Gasteiger partial charge in [-0.1, -0.05) is 0 Å². The van der Waals surface area contributed by atoms with Crippen LogP contribution in [0.2, 0.25) is 0 Å². The van der Waals surface area contributed by atoms with E-state index >= 15 is 0 Å². The minimum atomic E-state index is -0.304. The van der Waals surface area contributed by atoms with Gasteiger partial charge in [-0.25, -0.2) is 4.98 Å². The van der Waals surface area contributed by atoms with Crippen LogP contribution in [0.15, 0.2) is 33.8 Å². The first kappa shape index (κ1) is 9.85. The highest BCUT2D eigenvalue weighted by Crippen LogP contribution is 2.22. The number of aromatic amines is 1. The van der Waals surface area contributed by atoms with Gasteiger partial charge in [-0.2, -0.15) is 0 Å². The summed E-state index contributed by atoms with van der Waals surface area (Å²) in [4.78, 5) is 21.8. The van der Waals surface area contributed by atoms with Gasteiger partial charge in [0.25, 0.3) is 5.56 Å². The van der Waals surface area contributed by atoms with Crippen molar-refractivity contribution in [3.8, 4) is 11.3 Å². The monoisotopic (exact) mass is 266 g/mol. The van der Waals surface area contributed by atoms with Crippen LogP contribution in [0.1, 0.15) is 0 Å². The van der Waals surface area contributed by atoms with Gasteiger partial charge in [0.2, 0.25) is 5.95 Å². The molecule has 15 heavy (non-hydrogen) atoms. The van der Waals surface area contributed by atoms with Gasteiger partial charge in [-0.05, 0) is 28.1 Å². The van der Waals surface area contributed by atoms with E-state index in [2.05, 4.69) is 30.9 Å².